The zero-order valence-corrected chi connectivity index (χ0v) is 7.54. The lowest BCUT2D eigenvalue weighted by Gasteiger charge is -2.02. The molecule has 2 nitrogen and oxygen atoms in total. The van der Waals surface area contributed by atoms with Crippen LogP contribution in [0.25, 0.3) is 0 Å². The summed E-state index contributed by atoms with van der Waals surface area (Å²) in [6.07, 6.45) is -4.13. The Kier molecular flexibility index (Phi) is 2.85. The third-order valence-electron chi connectivity index (χ3n) is 1.59. The Bertz CT molecular complexity index is 294. The number of hydrogen-bond acceptors (Lipinski definition) is 2. The van der Waals surface area contributed by atoms with Gasteiger partial charge in [-0.15, -0.1) is 11.6 Å². The van der Waals surface area contributed by atoms with Gasteiger partial charge in [0.1, 0.15) is 5.76 Å². The number of aromatic nitrogens is 1. The van der Waals surface area contributed by atoms with Crippen molar-refractivity contribution in [2.45, 2.75) is 25.4 Å². The molecule has 0 amide bonds. The average Bonchev–Trinajstić information content (AvgIpc) is 2.45. The van der Waals surface area contributed by atoms with Gasteiger partial charge in [0.2, 0.25) is 0 Å². The molecule has 0 aliphatic carbocycles. The van der Waals surface area contributed by atoms with Gasteiger partial charge in [0.05, 0.1) is 5.88 Å². The molecule has 0 fully saturated rings. The van der Waals surface area contributed by atoms with Gasteiger partial charge >= 0.3 is 6.18 Å². The van der Waals surface area contributed by atoms with Crippen molar-refractivity contribution in [2.75, 3.05) is 0 Å². The summed E-state index contributed by atoms with van der Waals surface area (Å²) in [7, 11) is 0. The van der Waals surface area contributed by atoms with Crippen molar-refractivity contribution in [3.63, 3.8) is 0 Å². The monoisotopic (exact) mass is 213 g/mol. The number of halogens is 4. The van der Waals surface area contributed by atoms with Gasteiger partial charge in [0.15, 0.2) is 5.69 Å². The summed E-state index contributed by atoms with van der Waals surface area (Å²) in [5.74, 6) is -0.0380. The van der Waals surface area contributed by atoms with Crippen LogP contribution in [0, 0.1) is 0 Å². The average molecular weight is 214 g/mol. The molecule has 74 valence electrons. The lowest BCUT2D eigenvalue weighted by molar-refractivity contribution is -0.143. The van der Waals surface area contributed by atoms with Crippen molar-refractivity contribution < 1.29 is 17.7 Å². The highest BCUT2D eigenvalue weighted by Crippen LogP contribution is 2.33. The molecule has 1 aromatic heterocycles. The van der Waals surface area contributed by atoms with Crippen molar-refractivity contribution >= 4 is 11.6 Å². The highest BCUT2D eigenvalue weighted by atomic mass is 35.5. The molecule has 0 saturated carbocycles. The molecule has 0 radical (unpaired) electrons. The van der Waals surface area contributed by atoms with E-state index in [9.17, 15) is 13.2 Å². The fourth-order valence-electron chi connectivity index (χ4n) is 0.982. The second-order valence-corrected chi connectivity index (χ2v) is 2.69. The van der Waals surface area contributed by atoms with Gasteiger partial charge in [0.25, 0.3) is 0 Å². The van der Waals surface area contributed by atoms with E-state index in [4.69, 9.17) is 11.6 Å². The van der Waals surface area contributed by atoms with Crippen molar-refractivity contribution in [1.82, 2.24) is 5.16 Å². The topological polar surface area (TPSA) is 26.0 Å². The van der Waals surface area contributed by atoms with E-state index in [-0.39, 0.29) is 17.2 Å². The number of hydrogen-bond donors (Lipinski definition) is 0. The normalized spacial score (nSPS) is 12.1. The molecular weight excluding hydrogens is 207 g/mol. The maximum absolute atomic E-state index is 12.2. The first kappa shape index (κ1) is 10.4. The lowest BCUT2D eigenvalue weighted by atomic mass is 10.2. The third kappa shape index (κ3) is 1.96. The Morgan fingerprint density at radius 3 is 2.46 bits per heavy atom. The molecule has 0 atom stereocenters. The minimum absolute atomic E-state index is 0.0586. The molecule has 1 aromatic rings. The first-order chi connectivity index (χ1) is 6.00. The summed E-state index contributed by atoms with van der Waals surface area (Å²) < 4.78 is 41.1. The smallest absolute Gasteiger partial charge is 0.360 e. The summed E-state index contributed by atoms with van der Waals surface area (Å²) in [5, 5.41) is 2.94. The van der Waals surface area contributed by atoms with Gasteiger partial charge in [-0.05, 0) is 0 Å². The zero-order chi connectivity index (χ0) is 10.1. The molecule has 0 saturated heterocycles. The van der Waals surface area contributed by atoms with Crippen LogP contribution < -0.4 is 0 Å². The van der Waals surface area contributed by atoms with Gasteiger partial charge in [-0.25, -0.2) is 0 Å². The Balaban J connectivity index is 3.16. The molecule has 13 heavy (non-hydrogen) atoms. The standard InChI is InChI=1S/C7H7ClF3NO/c1-2-5-4(3-8)6(12-13-5)7(9,10)11/h2-3H2,1H3. The van der Waals surface area contributed by atoms with E-state index < -0.39 is 11.9 Å². The van der Waals surface area contributed by atoms with E-state index in [0.29, 0.717) is 6.42 Å². The first-order valence-electron chi connectivity index (χ1n) is 3.61. The Morgan fingerprint density at radius 2 is 2.08 bits per heavy atom. The van der Waals surface area contributed by atoms with Crippen molar-refractivity contribution in [2.24, 2.45) is 0 Å². The molecule has 0 aromatic carbocycles. The highest BCUT2D eigenvalue weighted by molar-refractivity contribution is 6.17. The zero-order valence-electron chi connectivity index (χ0n) is 6.78. The van der Waals surface area contributed by atoms with Crippen LogP contribution in [0.4, 0.5) is 13.2 Å². The summed E-state index contributed by atoms with van der Waals surface area (Å²) in [5.41, 5.74) is -1.07. The van der Waals surface area contributed by atoms with E-state index in [1.807, 2.05) is 0 Å². The van der Waals surface area contributed by atoms with Gasteiger partial charge in [-0.2, -0.15) is 13.2 Å². The van der Waals surface area contributed by atoms with E-state index in [0.717, 1.165) is 0 Å². The van der Waals surface area contributed by atoms with Crippen molar-refractivity contribution in [3.05, 3.63) is 17.0 Å². The summed E-state index contributed by atoms with van der Waals surface area (Å²) in [6, 6.07) is 0. The lowest BCUT2D eigenvalue weighted by Crippen LogP contribution is -2.08. The van der Waals surface area contributed by atoms with E-state index >= 15 is 0 Å². The fourth-order valence-corrected chi connectivity index (χ4v) is 1.26. The summed E-state index contributed by atoms with van der Waals surface area (Å²) >= 11 is 5.36. The molecule has 0 bridgehead atoms. The minimum Gasteiger partial charge on any atom is -0.360 e. The SMILES string of the molecule is CCc1onc(C(F)(F)F)c1CCl. The first-order valence-corrected chi connectivity index (χ1v) is 4.14. The summed E-state index contributed by atoms with van der Waals surface area (Å²) in [6.45, 7) is 1.68. The van der Waals surface area contributed by atoms with Crippen molar-refractivity contribution in [3.8, 4) is 0 Å². The van der Waals surface area contributed by atoms with Crippen LogP contribution in [-0.4, -0.2) is 5.16 Å². The fraction of sp³-hybridized carbons (Fsp3) is 0.571. The Labute approximate surface area is 77.7 Å². The van der Waals surface area contributed by atoms with E-state index in [1.54, 1.807) is 6.92 Å². The number of alkyl halides is 4. The predicted octanol–water partition coefficient (Wildman–Crippen LogP) is 2.99. The molecule has 0 aliphatic rings. The van der Waals surface area contributed by atoms with E-state index in [1.165, 1.54) is 0 Å². The van der Waals surface area contributed by atoms with Crippen LogP contribution in [0.1, 0.15) is 23.9 Å². The largest absolute Gasteiger partial charge is 0.437 e. The van der Waals surface area contributed by atoms with Crippen LogP contribution in [-0.2, 0) is 18.5 Å². The molecule has 1 heterocycles. The quantitative estimate of drug-likeness (QED) is 0.706. The third-order valence-corrected chi connectivity index (χ3v) is 1.86. The molecule has 0 N–H and O–H groups in total. The molecule has 0 aliphatic heterocycles. The number of rotatable bonds is 2. The van der Waals surface area contributed by atoms with Crippen LogP contribution >= 0.6 is 11.6 Å². The predicted molar refractivity (Wildman–Crippen MR) is 40.4 cm³/mol. The number of aryl methyl sites for hydroxylation is 1. The molecule has 0 unspecified atom stereocenters. The Morgan fingerprint density at radius 1 is 1.46 bits per heavy atom. The highest BCUT2D eigenvalue weighted by Gasteiger charge is 2.38. The van der Waals surface area contributed by atoms with Crippen LogP contribution in [0.3, 0.4) is 0 Å². The van der Waals surface area contributed by atoms with Crippen LogP contribution in [0.15, 0.2) is 4.52 Å². The second kappa shape index (κ2) is 3.57. The molecule has 6 heteroatoms. The maximum Gasteiger partial charge on any atom is 0.437 e. The molecule has 0 spiro atoms. The summed E-state index contributed by atoms with van der Waals surface area (Å²) in [4.78, 5) is 0. The van der Waals surface area contributed by atoms with Crippen LogP contribution in [0.5, 0.6) is 0 Å². The maximum atomic E-state index is 12.2. The van der Waals surface area contributed by atoms with Crippen molar-refractivity contribution in [1.29, 1.82) is 0 Å². The minimum atomic E-state index is -4.48. The second-order valence-electron chi connectivity index (χ2n) is 2.42. The van der Waals surface area contributed by atoms with Gasteiger partial charge in [-0.1, -0.05) is 12.1 Å². The number of nitrogens with zero attached hydrogens (tertiary/aromatic N) is 1. The van der Waals surface area contributed by atoms with E-state index in [2.05, 4.69) is 9.68 Å². The van der Waals surface area contributed by atoms with Gasteiger partial charge in [-0.3, -0.25) is 0 Å². The molecular formula is C7H7ClF3NO. The molecule has 1 rings (SSSR count). The van der Waals surface area contributed by atoms with Crippen LogP contribution in [0.2, 0.25) is 0 Å². The van der Waals surface area contributed by atoms with Gasteiger partial charge in [0, 0.05) is 12.0 Å². The van der Waals surface area contributed by atoms with Gasteiger partial charge < -0.3 is 4.52 Å². The Hall–Kier alpha value is -0.710.